The molecule has 186 valence electrons. The molecule has 37 heavy (non-hydrogen) atoms. The third kappa shape index (κ3) is 4.86. The molecular formula is C26H20N4O5S2. The van der Waals surface area contributed by atoms with Gasteiger partial charge in [-0.15, -0.1) is 11.3 Å². The van der Waals surface area contributed by atoms with Gasteiger partial charge in [0.05, 0.1) is 21.2 Å². The molecule has 1 amide bonds. The van der Waals surface area contributed by atoms with Gasteiger partial charge in [0.15, 0.2) is 5.25 Å². The highest BCUT2D eigenvalue weighted by molar-refractivity contribution is 7.91. The summed E-state index contributed by atoms with van der Waals surface area (Å²) in [5.41, 5.74) is 1.75. The summed E-state index contributed by atoms with van der Waals surface area (Å²) in [5, 5.41) is 17.9. The number of hydrogen-bond donors (Lipinski definition) is 1. The van der Waals surface area contributed by atoms with Gasteiger partial charge in [-0.3, -0.25) is 19.9 Å². The highest BCUT2D eigenvalue weighted by atomic mass is 32.2. The van der Waals surface area contributed by atoms with Crippen LogP contribution in [-0.4, -0.2) is 30.2 Å². The predicted octanol–water partition coefficient (Wildman–Crippen LogP) is 4.75. The monoisotopic (exact) mass is 532 g/mol. The van der Waals surface area contributed by atoms with E-state index in [0.29, 0.717) is 16.8 Å². The molecule has 0 aliphatic carbocycles. The number of anilines is 1. The van der Waals surface area contributed by atoms with Crippen LogP contribution in [0.3, 0.4) is 0 Å². The lowest BCUT2D eigenvalue weighted by atomic mass is 9.97. The second kappa shape index (κ2) is 9.96. The fourth-order valence-corrected chi connectivity index (χ4v) is 6.49. The third-order valence-electron chi connectivity index (χ3n) is 5.89. The van der Waals surface area contributed by atoms with Gasteiger partial charge in [-0.2, -0.15) is 5.10 Å². The number of carbonyl (C=O) groups excluding carboxylic acids is 1. The van der Waals surface area contributed by atoms with Crippen molar-refractivity contribution in [3.63, 3.8) is 0 Å². The number of carbonyl (C=O) groups is 1. The van der Waals surface area contributed by atoms with Gasteiger partial charge in [-0.05, 0) is 46.8 Å². The molecule has 2 heterocycles. The van der Waals surface area contributed by atoms with Crippen LogP contribution in [0.1, 0.15) is 26.8 Å². The number of amides is 1. The number of nitro benzene ring substituents is 1. The smallest absolute Gasteiger partial charge is 0.267 e. The van der Waals surface area contributed by atoms with Crippen molar-refractivity contribution >= 4 is 44.4 Å². The largest absolute Gasteiger partial charge is 0.274 e. The Morgan fingerprint density at radius 2 is 1.57 bits per heavy atom. The molecule has 11 heteroatoms. The topological polar surface area (TPSA) is 122 Å². The molecule has 0 spiro atoms. The molecule has 9 nitrogen and oxygen atoms in total. The lowest BCUT2D eigenvalue weighted by molar-refractivity contribution is -0.384. The number of thiophene rings is 1. The van der Waals surface area contributed by atoms with Gasteiger partial charge in [0.25, 0.3) is 11.6 Å². The molecule has 1 aromatic heterocycles. The molecular weight excluding hydrogens is 512 g/mol. The predicted molar refractivity (Wildman–Crippen MR) is 142 cm³/mol. The maximum atomic E-state index is 13.9. The minimum absolute atomic E-state index is 0.132. The highest BCUT2D eigenvalue weighted by Crippen LogP contribution is 2.40. The van der Waals surface area contributed by atoms with Crippen molar-refractivity contribution in [3.8, 4) is 0 Å². The summed E-state index contributed by atoms with van der Waals surface area (Å²) in [6.07, 6.45) is 0. The van der Waals surface area contributed by atoms with E-state index in [1.807, 2.05) is 36.4 Å². The summed E-state index contributed by atoms with van der Waals surface area (Å²) in [6.45, 7) is 0. The maximum absolute atomic E-state index is 13.9. The second-order valence-corrected chi connectivity index (χ2v) is 10.9. The standard InChI is InChI=1S/C26H20N4O5S2/c31-26(22-12-7-17-36-22)28-37(34,35)25-23(18-13-15-21(16-14-18)30(32)33)27-29(20-10-5-2-6-11-20)24(25)19-8-3-1-4-9-19/h1-17,24-25H,(H,28,31). The molecule has 4 aromatic rings. The number of nitrogens with zero attached hydrogens (tertiary/aromatic N) is 3. The van der Waals surface area contributed by atoms with Gasteiger partial charge >= 0.3 is 0 Å². The van der Waals surface area contributed by atoms with Gasteiger partial charge < -0.3 is 0 Å². The lowest BCUT2D eigenvalue weighted by Gasteiger charge is -2.28. The number of nitrogens with one attached hydrogen (secondary N) is 1. The molecule has 1 aliphatic heterocycles. The molecule has 2 unspecified atom stereocenters. The van der Waals surface area contributed by atoms with E-state index in [-0.39, 0.29) is 16.3 Å². The Morgan fingerprint density at radius 1 is 0.919 bits per heavy atom. The Labute approximate surface area is 216 Å². The average molecular weight is 533 g/mol. The number of hydrogen-bond acceptors (Lipinski definition) is 8. The van der Waals surface area contributed by atoms with Gasteiger partial charge in [0, 0.05) is 12.1 Å². The fourth-order valence-electron chi connectivity index (χ4n) is 4.22. The zero-order valence-corrected chi connectivity index (χ0v) is 20.8. The van der Waals surface area contributed by atoms with Gasteiger partial charge in [0.1, 0.15) is 6.04 Å². The Hall–Kier alpha value is -4.35. The summed E-state index contributed by atoms with van der Waals surface area (Å²) < 4.78 is 30.1. The van der Waals surface area contributed by atoms with E-state index >= 15 is 0 Å². The molecule has 0 fully saturated rings. The Morgan fingerprint density at radius 3 is 2.16 bits per heavy atom. The van der Waals surface area contributed by atoms with Crippen LogP contribution in [0.5, 0.6) is 0 Å². The Kier molecular flexibility index (Phi) is 6.55. The van der Waals surface area contributed by atoms with Crippen LogP contribution in [0.25, 0.3) is 0 Å². The van der Waals surface area contributed by atoms with E-state index in [2.05, 4.69) is 4.72 Å². The van der Waals surface area contributed by atoms with Crippen molar-refractivity contribution in [2.45, 2.75) is 11.3 Å². The molecule has 0 radical (unpaired) electrons. The van der Waals surface area contributed by atoms with E-state index in [0.717, 1.165) is 11.3 Å². The molecule has 1 aliphatic rings. The summed E-state index contributed by atoms with van der Waals surface area (Å²) in [4.78, 5) is 23.7. The molecule has 0 saturated heterocycles. The van der Waals surface area contributed by atoms with Crippen LogP contribution < -0.4 is 9.73 Å². The van der Waals surface area contributed by atoms with E-state index in [1.165, 1.54) is 24.3 Å². The quantitative estimate of drug-likeness (QED) is 0.271. The normalized spacial score (nSPS) is 17.3. The zero-order chi connectivity index (χ0) is 26.0. The fraction of sp³-hybridized carbons (Fsp3) is 0.0769. The van der Waals surface area contributed by atoms with Crippen LogP contribution in [0, 0.1) is 10.1 Å². The first-order valence-corrected chi connectivity index (χ1v) is 13.6. The minimum atomic E-state index is -4.35. The van der Waals surface area contributed by atoms with Crippen LogP contribution in [0.2, 0.25) is 0 Å². The van der Waals surface area contributed by atoms with Crippen molar-refractivity contribution < 1.29 is 18.1 Å². The molecule has 0 saturated carbocycles. The number of para-hydroxylation sites is 1. The first kappa shape index (κ1) is 24.3. The van der Waals surface area contributed by atoms with Crippen LogP contribution in [0.4, 0.5) is 11.4 Å². The summed E-state index contributed by atoms with van der Waals surface area (Å²) in [5.74, 6) is -0.733. The average Bonchev–Trinajstić information content (AvgIpc) is 3.59. The maximum Gasteiger partial charge on any atom is 0.274 e. The van der Waals surface area contributed by atoms with Crippen LogP contribution >= 0.6 is 11.3 Å². The number of benzene rings is 3. The van der Waals surface area contributed by atoms with Gasteiger partial charge in [-0.25, -0.2) is 13.1 Å². The molecule has 1 N–H and O–H groups in total. The lowest BCUT2D eigenvalue weighted by Crippen LogP contribution is -2.45. The first-order chi connectivity index (χ1) is 17.8. The summed E-state index contributed by atoms with van der Waals surface area (Å²) in [7, 11) is -4.35. The van der Waals surface area contributed by atoms with E-state index in [9.17, 15) is 23.3 Å². The molecule has 3 aromatic carbocycles. The molecule has 0 bridgehead atoms. The number of non-ortho nitro benzene ring substituents is 1. The number of sulfonamides is 1. The van der Waals surface area contributed by atoms with Crippen molar-refractivity contribution in [3.05, 3.63) is 129 Å². The van der Waals surface area contributed by atoms with Gasteiger partial charge in [-0.1, -0.05) is 54.6 Å². The van der Waals surface area contributed by atoms with Crippen LogP contribution in [-0.2, 0) is 10.0 Å². The first-order valence-electron chi connectivity index (χ1n) is 11.2. The van der Waals surface area contributed by atoms with E-state index in [4.69, 9.17) is 5.10 Å². The van der Waals surface area contributed by atoms with Crippen molar-refractivity contribution in [2.24, 2.45) is 5.10 Å². The number of rotatable bonds is 7. The van der Waals surface area contributed by atoms with E-state index < -0.39 is 32.1 Å². The number of nitro groups is 1. The molecule has 5 rings (SSSR count). The third-order valence-corrected chi connectivity index (χ3v) is 8.37. The van der Waals surface area contributed by atoms with Crippen molar-refractivity contribution in [1.82, 2.24) is 4.72 Å². The minimum Gasteiger partial charge on any atom is -0.267 e. The number of hydrazone groups is 1. The Balaban J connectivity index is 1.66. The van der Waals surface area contributed by atoms with Crippen molar-refractivity contribution in [2.75, 3.05) is 5.01 Å². The summed E-state index contributed by atoms with van der Waals surface area (Å²) >= 11 is 1.13. The van der Waals surface area contributed by atoms with Crippen molar-refractivity contribution in [1.29, 1.82) is 0 Å². The summed E-state index contributed by atoms with van der Waals surface area (Å²) in [6, 6.07) is 26.1. The highest BCUT2D eigenvalue weighted by Gasteiger charge is 2.48. The zero-order valence-electron chi connectivity index (χ0n) is 19.2. The van der Waals surface area contributed by atoms with Gasteiger partial charge in [0.2, 0.25) is 10.0 Å². The SMILES string of the molecule is O=C(NS(=O)(=O)C1C(c2ccc([N+](=O)[O-])cc2)=NN(c2ccccc2)C1c1ccccc1)c1cccs1. The molecule has 2 atom stereocenters. The van der Waals surface area contributed by atoms with Crippen LogP contribution in [0.15, 0.2) is 108 Å². The second-order valence-electron chi connectivity index (χ2n) is 8.20. The van der Waals surface area contributed by atoms with E-state index in [1.54, 1.807) is 46.8 Å². The Bertz CT molecular complexity index is 1560.